The lowest BCUT2D eigenvalue weighted by Crippen LogP contribution is -2.33. The van der Waals surface area contributed by atoms with E-state index in [1.54, 1.807) is 0 Å². The van der Waals surface area contributed by atoms with Crippen molar-refractivity contribution in [2.75, 3.05) is 6.61 Å². The standard InChI is InChI=1S/C15H24O2/c1-14(2,12-16)11-15(3,4)17-10-13-8-6-5-7-9-13/h5-9,16H,10-12H2,1-4H3. The highest BCUT2D eigenvalue weighted by Gasteiger charge is 2.28. The van der Waals surface area contributed by atoms with Gasteiger partial charge in [0.05, 0.1) is 12.2 Å². The molecule has 0 unspecified atom stereocenters. The van der Waals surface area contributed by atoms with E-state index < -0.39 is 0 Å². The summed E-state index contributed by atoms with van der Waals surface area (Å²) in [5.74, 6) is 0. The van der Waals surface area contributed by atoms with Crippen LogP contribution in [0.25, 0.3) is 0 Å². The van der Waals surface area contributed by atoms with Gasteiger partial charge < -0.3 is 9.84 Å². The Kier molecular flexibility index (Phi) is 4.72. The normalized spacial score (nSPS) is 12.8. The molecule has 0 radical (unpaired) electrons. The van der Waals surface area contributed by atoms with Crippen LogP contribution in [-0.2, 0) is 11.3 Å². The minimum atomic E-state index is -0.220. The largest absolute Gasteiger partial charge is 0.396 e. The predicted octanol–water partition coefficient (Wildman–Crippen LogP) is 3.39. The topological polar surface area (TPSA) is 29.5 Å². The molecule has 0 saturated carbocycles. The van der Waals surface area contributed by atoms with Crippen LogP contribution in [0.3, 0.4) is 0 Å². The minimum Gasteiger partial charge on any atom is -0.396 e. The van der Waals surface area contributed by atoms with Gasteiger partial charge in [0.25, 0.3) is 0 Å². The zero-order valence-electron chi connectivity index (χ0n) is 11.4. The van der Waals surface area contributed by atoms with Crippen molar-refractivity contribution in [3.05, 3.63) is 35.9 Å². The molecule has 0 spiro atoms. The van der Waals surface area contributed by atoms with E-state index in [-0.39, 0.29) is 17.6 Å². The first-order valence-corrected chi connectivity index (χ1v) is 6.13. The fourth-order valence-corrected chi connectivity index (χ4v) is 2.11. The van der Waals surface area contributed by atoms with Crippen LogP contribution in [0, 0.1) is 5.41 Å². The molecule has 0 fully saturated rings. The Labute approximate surface area is 105 Å². The molecule has 0 aliphatic heterocycles. The lowest BCUT2D eigenvalue weighted by atomic mass is 9.82. The maximum absolute atomic E-state index is 9.29. The van der Waals surface area contributed by atoms with Gasteiger partial charge in [-0.3, -0.25) is 0 Å². The lowest BCUT2D eigenvalue weighted by molar-refractivity contribution is -0.0638. The highest BCUT2D eigenvalue weighted by Crippen LogP contribution is 2.30. The molecular weight excluding hydrogens is 212 g/mol. The molecule has 0 aliphatic rings. The molecule has 0 saturated heterocycles. The lowest BCUT2D eigenvalue weighted by Gasteiger charge is -2.33. The third-order valence-corrected chi connectivity index (χ3v) is 2.80. The summed E-state index contributed by atoms with van der Waals surface area (Å²) < 4.78 is 5.94. The Morgan fingerprint density at radius 3 is 2.18 bits per heavy atom. The molecule has 0 amide bonds. The van der Waals surface area contributed by atoms with Crippen LogP contribution in [-0.4, -0.2) is 17.3 Å². The number of hydrogen-bond acceptors (Lipinski definition) is 2. The second-order valence-corrected chi connectivity index (χ2v) is 6.03. The molecule has 1 rings (SSSR count). The molecule has 17 heavy (non-hydrogen) atoms. The number of aliphatic hydroxyl groups excluding tert-OH is 1. The van der Waals surface area contributed by atoms with Gasteiger partial charge in [-0.15, -0.1) is 0 Å². The average molecular weight is 236 g/mol. The van der Waals surface area contributed by atoms with E-state index in [2.05, 4.69) is 39.8 Å². The monoisotopic (exact) mass is 236 g/mol. The molecule has 1 aromatic rings. The molecule has 2 nitrogen and oxygen atoms in total. The number of hydrogen-bond donors (Lipinski definition) is 1. The quantitative estimate of drug-likeness (QED) is 0.820. The van der Waals surface area contributed by atoms with Crippen molar-refractivity contribution in [3.63, 3.8) is 0 Å². The summed E-state index contributed by atoms with van der Waals surface area (Å²) in [5.41, 5.74) is 0.866. The van der Waals surface area contributed by atoms with Crippen molar-refractivity contribution in [2.24, 2.45) is 5.41 Å². The number of ether oxygens (including phenoxy) is 1. The van der Waals surface area contributed by atoms with Crippen LogP contribution in [0.1, 0.15) is 39.7 Å². The number of aliphatic hydroxyl groups is 1. The van der Waals surface area contributed by atoms with Crippen molar-refractivity contribution in [1.29, 1.82) is 0 Å². The summed E-state index contributed by atoms with van der Waals surface area (Å²) in [6, 6.07) is 10.2. The van der Waals surface area contributed by atoms with Gasteiger partial charge in [0.15, 0.2) is 0 Å². The maximum atomic E-state index is 9.29. The summed E-state index contributed by atoms with van der Waals surface area (Å²) >= 11 is 0. The molecule has 0 atom stereocenters. The third-order valence-electron chi connectivity index (χ3n) is 2.80. The van der Waals surface area contributed by atoms with Crippen molar-refractivity contribution >= 4 is 0 Å². The molecule has 0 aliphatic carbocycles. The Morgan fingerprint density at radius 2 is 1.65 bits per heavy atom. The Balaban J connectivity index is 2.50. The summed E-state index contributed by atoms with van der Waals surface area (Å²) in [6.07, 6.45) is 0.837. The van der Waals surface area contributed by atoms with Gasteiger partial charge in [-0.1, -0.05) is 44.2 Å². The first-order valence-electron chi connectivity index (χ1n) is 6.13. The van der Waals surface area contributed by atoms with Crippen molar-refractivity contribution < 1.29 is 9.84 Å². The van der Waals surface area contributed by atoms with E-state index in [0.29, 0.717) is 6.61 Å². The van der Waals surface area contributed by atoms with Crippen LogP contribution in [0.15, 0.2) is 30.3 Å². The smallest absolute Gasteiger partial charge is 0.0724 e. The molecule has 1 aromatic carbocycles. The highest BCUT2D eigenvalue weighted by molar-refractivity contribution is 5.13. The van der Waals surface area contributed by atoms with E-state index in [1.165, 1.54) is 5.56 Å². The molecule has 96 valence electrons. The van der Waals surface area contributed by atoms with E-state index in [4.69, 9.17) is 4.74 Å². The van der Waals surface area contributed by atoms with E-state index in [1.807, 2.05) is 18.2 Å². The SMILES string of the molecule is CC(C)(CO)CC(C)(C)OCc1ccccc1. The summed E-state index contributed by atoms with van der Waals surface area (Å²) in [4.78, 5) is 0. The van der Waals surface area contributed by atoms with E-state index >= 15 is 0 Å². The fraction of sp³-hybridized carbons (Fsp3) is 0.600. The average Bonchev–Trinajstić information content (AvgIpc) is 2.27. The third kappa shape index (κ3) is 5.33. The zero-order chi connectivity index (χ0) is 12.9. The van der Waals surface area contributed by atoms with Crippen molar-refractivity contribution in [3.8, 4) is 0 Å². The molecule has 0 bridgehead atoms. The number of rotatable bonds is 6. The first-order chi connectivity index (χ1) is 7.85. The summed E-state index contributed by atoms with van der Waals surface area (Å²) in [7, 11) is 0. The van der Waals surface area contributed by atoms with Gasteiger partial charge in [0.1, 0.15) is 0 Å². The Morgan fingerprint density at radius 1 is 1.06 bits per heavy atom. The van der Waals surface area contributed by atoms with Gasteiger partial charge in [-0.05, 0) is 31.2 Å². The second kappa shape index (κ2) is 5.65. The van der Waals surface area contributed by atoms with Crippen LogP contribution >= 0.6 is 0 Å². The predicted molar refractivity (Wildman–Crippen MR) is 70.8 cm³/mol. The van der Waals surface area contributed by atoms with Gasteiger partial charge in [-0.2, -0.15) is 0 Å². The Hall–Kier alpha value is -0.860. The van der Waals surface area contributed by atoms with E-state index in [9.17, 15) is 5.11 Å². The first kappa shape index (κ1) is 14.2. The van der Waals surface area contributed by atoms with Gasteiger partial charge in [0, 0.05) is 6.61 Å². The van der Waals surface area contributed by atoms with Crippen molar-refractivity contribution in [1.82, 2.24) is 0 Å². The molecule has 0 aromatic heterocycles. The molecule has 0 heterocycles. The molecule has 2 heteroatoms. The number of benzene rings is 1. The van der Waals surface area contributed by atoms with Crippen LogP contribution in [0.2, 0.25) is 0 Å². The zero-order valence-corrected chi connectivity index (χ0v) is 11.4. The maximum Gasteiger partial charge on any atom is 0.0724 e. The molecular formula is C15H24O2. The van der Waals surface area contributed by atoms with Gasteiger partial charge in [0.2, 0.25) is 0 Å². The summed E-state index contributed by atoms with van der Waals surface area (Å²) in [6.45, 7) is 9.07. The minimum absolute atomic E-state index is 0.0970. The van der Waals surface area contributed by atoms with Crippen LogP contribution in [0.5, 0.6) is 0 Å². The Bertz CT molecular complexity index is 328. The highest BCUT2D eigenvalue weighted by atomic mass is 16.5. The van der Waals surface area contributed by atoms with E-state index in [0.717, 1.165) is 6.42 Å². The van der Waals surface area contributed by atoms with Crippen LogP contribution in [0.4, 0.5) is 0 Å². The van der Waals surface area contributed by atoms with Crippen molar-refractivity contribution in [2.45, 2.75) is 46.3 Å². The van der Waals surface area contributed by atoms with Gasteiger partial charge in [-0.25, -0.2) is 0 Å². The molecule has 1 N–H and O–H groups in total. The fourth-order valence-electron chi connectivity index (χ4n) is 2.11. The van der Waals surface area contributed by atoms with Crippen LogP contribution < -0.4 is 0 Å². The second-order valence-electron chi connectivity index (χ2n) is 6.03. The summed E-state index contributed by atoms with van der Waals surface area (Å²) in [5, 5.41) is 9.29. The van der Waals surface area contributed by atoms with Gasteiger partial charge >= 0.3 is 0 Å².